The van der Waals surface area contributed by atoms with E-state index in [1.807, 2.05) is 6.07 Å². The number of nitrogens with zero attached hydrogens (tertiary/aromatic N) is 5. The van der Waals surface area contributed by atoms with Gasteiger partial charge in [-0.1, -0.05) is 0 Å². The Balaban J connectivity index is 1.33. The molecule has 1 saturated heterocycles. The van der Waals surface area contributed by atoms with Crippen LogP contribution in [0.25, 0.3) is 10.6 Å². The number of amides is 2. The number of aromatic nitrogens is 4. The number of thiazole rings is 1. The van der Waals surface area contributed by atoms with Crippen LogP contribution in [0.5, 0.6) is 0 Å². The minimum Gasteiger partial charge on any atom is -0.476 e. The van der Waals surface area contributed by atoms with Gasteiger partial charge in [-0.2, -0.15) is 5.10 Å². The summed E-state index contributed by atoms with van der Waals surface area (Å²) in [6.45, 7) is 7.47. The second-order valence-electron chi connectivity index (χ2n) is 11.0. The van der Waals surface area contributed by atoms with Gasteiger partial charge in [-0.3, -0.25) is 14.5 Å². The van der Waals surface area contributed by atoms with E-state index in [1.165, 1.54) is 16.7 Å². The van der Waals surface area contributed by atoms with Gasteiger partial charge in [0.1, 0.15) is 10.6 Å². The molecule has 4 rings (SSSR count). The predicted octanol–water partition coefficient (Wildman–Crippen LogP) is 3.63. The van der Waals surface area contributed by atoms with E-state index in [0.29, 0.717) is 43.3 Å². The summed E-state index contributed by atoms with van der Waals surface area (Å²) in [4.78, 5) is 47.1. The number of nitrogens with one attached hydrogen (secondary N) is 1. The van der Waals surface area contributed by atoms with E-state index < -0.39 is 23.6 Å². The largest absolute Gasteiger partial charge is 0.476 e. The molecule has 0 atom stereocenters. The number of carboxylic acids is 1. The number of ether oxygens (including phenoxy) is 2. The Morgan fingerprint density at radius 1 is 1.26 bits per heavy atom. The average Bonchev–Trinajstić information content (AvgIpc) is 3.59. The van der Waals surface area contributed by atoms with Gasteiger partial charge in [0.25, 0.3) is 5.91 Å². The van der Waals surface area contributed by atoms with Crippen molar-refractivity contribution in [3.8, 4) is 10.6 Å². The fraction of sp³-hybridized carbons (Fsp3) is 0.500. The summed E-state index contributed by atoms with van der Waals surface area (Å²) in [5.41, 5.74) is 7.44. The molecule has 0 unspecified atom stereocenters. The van der Waals surface area contributed by atoms with E-state index in [1.54, 1.807) is 48.8 Å². The van der Waals surface area contributed by atoms with Crippen LogP contribution < -0.4 is 11.1 Å². The first-order chi connectivity index (χ1) is 20.0. The summed E-state index contributed by atoms with van der Waals surface area (Å²) in [6, 6.07) is 3.79. The molecule has 42 heavy (non-hydrogen) atoms. The standard InChI is InChI=1S/C28H37N7O6S/c1-28(2,3)41-27(39)34(11-4-5-19-15-18(6-9-30-19)25-32-22(17-42-25)26(37)38)12-10-31-24(36)23-21(29)16-35(33-23)20-7-13-40-14-8-20/h6,9,15-17,20H,4-5,7-8,10-14,29H2,1-3H3,(H,31,36)(H,37,38). The first-order valence-corrected chi connectivity index (χ1v) is 14.7. The minimum atomic E-state index is -1.07. The molecule has 14 heteroatoms. The number of carboxylic acid groups (broad SMARTS) is 1. The second kappa shape index (κ2) is 13.7. The van der Waals surface area contributed by atoms with E-state index in [4.69, 9.17) is 20.3 Å². The molecule has 13 nitrogen and oxygen atoms in total. The van der Waals surface area contributed by atoms with Crippen molar-refractivity contribution in [1.29, 1.82) is 0 Å². The number of aryl methyl sites for hydroxylation is 1. The molecule has 1 aliphatic rings. The molecule has 0 saturated carbocycles. The molecule has 2 amide bonds. The van der Waals surface area contributed by atoms with Crippen LogP contribution in [0, 0.1) is 0 Å². The van der Waals surface area contributed by atoms with Gasteiger partial charge < -0.3 is 30.5 Å². The Morgan fingerprint density at radius 3 is 2.71 bits per heavy atom. The Labute approximate surface area is 248 Å². The molecular formula is C28H37N7O6S. The molecule has 4 N–H and O–H groups in total. The van der Waals surface area contributed by atoms with Crippen molar-refractivity contribution in [1.82, 2.24) is 30.0 Å². The van der Waals surface area contributed by atoms with Crippen LogP contribution in [0.1, 0.15) is 72.7 Å². The lowest BCUT2D eigenvalue weighted by molar-refractivity contribution is 0.0248. The fourth-order valence-electron chi connectivity index (χ4n) is 4.43. The molecule has 0 aromatic carbocycles. The highest BCUT2D eigenvalue weighted by atomic mass is 32.1. The highest BCUT2D eigenvalue weighted by Crippen LogP contribution is 2.25. The molecule has 0 aliphatic carbocycles. The highest BCUT2D eigenvalue weighted by Gasteiger charge is 2.24. The molecule has 0 radical (unpaired) electrons. The monoisotopic (exact) mass is 599 g/mol. The number of nitrogens with two attached hydrogens (primary N) is 1. The number of rotatable bonds is 11. The predicted molar refractivity (Wildman–Crippen MR) is 156 cm³/mol. The third-order valence-corrected chi connectivity index (χ3v) is 7.40. The normalized spacial score (nSPS) is 14.0. The van der Waals surface area contributed by atoms with Crippen molar-refractivity contribution in [3.05, 3.63) is 47.0 Å². The molecule has 1 aliphatic heterocycles. The van der Waals surface area contributed by atoms with E-state index in [2.05, 4.69) is 20.4 Å². The van der Waals surface area contributed by atoms with Gasteiger partial charge in [-0.05, 0) is 58.6 Å². The van der Waals surface area contributed by atoms with E-state index in [9.17, 15) is 14.4 Å². The molecular weight excluding hydrogens is 562 g/mol. The van der Waals surface area contributed by atoms with Crippen LogP contribution in [0.2, 0.25) is 0 Å². The van der Waals surface area contributed by atoms with Crippen LogP contribution in [0.3, 0.4) is 0 Å². The Bertz CT molecular complexity index is 1390. The van der Waals surface area contributed by atoms with Crippen LogP contribution in [-0.4, -0.2) is 86.2 Å². The number of pyridine rings is 1. The number of aromatic carboxylic acids is 1. The lowest BCUT2D eigenvalue weighted by Gasteiger charge is -2.27. The Morgan fingerprint density at radius 2 is 2.02 bits per heavy atom. The van der Waals surface area contributed by atoms with Gasteiger partial charge in [-0.15, -0.1) is 11.3 Å². The third-order valence-electron chi connectivity index (χ3n) is 6.51. The van der Waals surface area contributed by atoms with Crippen molar-refractivity contribution in [3.63, 3.8) is 0 Å². The van der Waals surface area contributed by atoms with Crippen molar-refractivity contribution >= 4 is 35.0 Å². The molecule has 3 aromatic heterocycles. The number of hydrogen-bond acceptors (Lipinski definition) is 10. The molecule has 0 bridgehead atoms. The summed E-state index contributed by atoms with van der Waals surface area (Å²) >= 11 is 1.25. The summed E-state index contributed by atoms with van der Waals surface area (Å²) in [5, 5.41) is 18.5. The van der Waals surface area contributed by atoms with Crippen molar-refractivity contribution in [2.24, 2.45) is 0 Å². The number of nitrogen functional groups attached to an aromatic ring is 1. The number of anilines is 1. The number of carbonyl (C=O) groups excluding carboxylic acids is 2. The number of hydrogen-bond donors (Lipinski definition) is 3. The van der Waals surface area contributed by atoms with Crippen molar-refractivity contribution in [2.45, 2.75) is 58.1 Å². The van der Waals surface area contributed by atoms with Gasteiger partial charge in [0.05, 0.1) is 11.7 Å². The molecule has 4 heterocycles. The maximum absolute atomic E-state index is 13.0. The topological polar surface area (TPSA) is 175 Å². The quantitative estimate of drug-likeness (QED) is 0.295. The van der Waals surface area contributed by atoms with Gasteiger partial charge >= 0.3 is 12.1 Å². The fourth-order valence-corrected chi connectivity index (χ4v) is 5.22. The molecule has 1 fully saturated rings. The highest BCUT2D eigenvalue weighted by molar-refractivity contribution is 7.13. The third kappa shape index (κ3) is 8.49. The van der Waals surface area contributed by atoms with Crippen LogP contribution in [-0.2, 0) is 15.9 Å². The minimum absolute atomic E-state index is 0.00353. The van der Waals surface area contributed by atoms with Crippen LogP contribution >= 0.6 is 11.3 Å². The first kappa shape index (κ1) is 30.9. The Kier molecular flexibility index (Phi) is 10.1. The summed E-state index contributed by atoms with van der Waals surface area (Å²) in [7, 11) is 0. The average molecular weight is 600 g/mol. The van der Waals surface area contributed by atoms with Gasteiger partial charge in [0.2, 0.25) is 0 Å². The Hall–Kier alpha value is -4.04. The van der Waals surface area contributed by atoms with Gasteiger partial charge in [-0.25, -0.2) is 14.6 Å². The SMILES string of the molecule is CC(C)(C)OC(=O)N(CCCc1cc(-c2nc(C(=O)O)cs2)ccn1)CCNC(=O)c1nn(C2CCOCC2)cc1N. The summed E-state index contributed by atoms with van der Waals surface area (Å²) in [5.74, 6) is -1.48. The van der Waals surface area contributed by atoms with Crippen LogP contribution in [0.15, 0.2) is 29.9 Å². The summed E-state index contributed by atoms with van der Waals surface area (Å²) in [6.07, 6.45) is 5.63. The lowest BCUT2D eigenvalue weighted by Crippen LogP contribution is -2.42. The lowest BCUT2D eigenvalue weighted by atomic mass is 10.1. The smallest absolute Gasteiger partial charge is 0.410 e. The zero-order chi connectivity index (χ0) is 30.3. The maximum atomic E-state index is 13.0. The van der Waals surface area contributed by atoms with E-state index in [0.717, 1.165) is 24.1 Å². The maximum Gasteiger partial charge on any atom is 0.410 e. The molecule has 3 aromatic rings. The zero-order valence-corrected chi connectivity index (χ0v) is 24.9. The zero-order valence-electron chi connectivity index (χ0n) is 24.0. The van der Waals surface area contributed by atoms with Crippen molar-refractivity contribution < 1.29 is 29.0 Å². The summed E-state index contributed by atoms with van der Waals surface area (Å²) < 4.78 is 12.7. The molecule has 226 valence electrons. The van der Waals surface area contributed by atoms with E-state index >= 15 is 0 Å². The first-order valence-electron chi connectivity index (χ1n) is 13.8. The van der Waals surface area contributed by atoms with Gasteiger partial charge in [0.15, 0.2) is 11.4 Å². The molecule has 0 spiro atoms. The van der Waals surface area contributed by atoms with Crippen molar-refractivity contribution in [2.75, 3.05) is 38.6 Å². The second-order valence-corrected chi connectivity index (χ2v) is 11.8. The van der Waals surface area contributed by atoms with Gasteiger partial charge in [0, 0.05) is 61.9 Å². The van der Waals surface area contributed by atoms with E-state index in [-0.39, 0.29) is 30.5 Å². The number of carbonyl (C=O) groups is 3. The van der Waals surface area contributed by atoms with Crippen LogP contribution in [0.4, 0.5) is 10.5 Å².